The highest BCUT2D eigenvalue weighted by Gasteiger charge is 2.48. The van der Waals surface area contributed by atoms with E-state index < -0.39 is 11.6 Å². The van der Waals surface area contributed by atoms with E-state index in [-0.39, 0.29) is 25.7 Å². The molecule has 2 saturated heterocycles. The molecule has 78 valence electrons. The fraction of sp³-hybridized carbons (Fsp3) is 0.750. The van der Waals surface area contributed by atoms with Gasteiger partial charge in [-0.05, 0) is 6.42 Å². The van der Waals surface area contributed by atoms with Crippen LogP contribution >= 0.6 is 0 Å². The van der Waals surface area contributed by atoms with Crippen LogP contribution in [-0.4, -0.2) is 53.8 Å². The van der Waals surface area contributed by atoms with E-state index in [2.05, 4.69) is 5.32 Å². The number of aliphatic hydroxyl groups is 1. The number of carbonyl (C=O) groups excluding carboxylic acids is 2. The summed E-state index contributed by atoms with van der Waals surface area (Å²) in [7, 11) is 0. The third-order valence-corrected chi connectivity index (χ3v) is 2.69. The van der Waals surface area contributed by atoms with Crippen molar-refractivity contribution in [2.45, 2.75) is 12.0 Å². The number of ether oxygens (including phenoxy) is 1. The van der Waals surface area contributed by atoms with Crippen molar-refractivity contribution in [3.63, 3.8) is 0 Å². The van der Waals surface area contributed by atoms with Gasteiger partial charge in [-0.25, -0.2) is 4.79 Å². The summed E-state index contributed by atoms with van der Waals surface area (Å²) in [5.74, 6) is -0.297. The Bertz CT molecular complexity index is 257. The van der Waals surface area contributed by atoms with Gasteiger partial charge in [0.1, 0.15) is 5.54 Å². The van der Waals surface area contributed by atoms with E-state index in [0.717, 1.165) is 4.90 Å². The predicted molar refractivity (Wildman–Crippen MR) is 45.5 cm³/mol. The third kappa shape index (κ3) is 1.18. The van der Waals surface area contributed by atoms with Crippen molar-refractivity contribution in [2.24, 2.45) is 0 Å². The quantitative estimate of drug-likeness (QED) is 0.542. The molecule has 0 saturated carbocycles. The van der Waals surface area contributed by atoms with Gasteiger partial charge in [0.2, 0.25) is 0 Å². The van der Waals surface area contributed by atoms with Gasteiger partial charge in [0.05, 0.1) is 19.8 Å². The van der Waals surface area contributed by atoms with Gasteiger partial charge in [0.25, 0.3) is 5.91 Å². The number of hydrogen-bond acceptors (Lipinski definition) is 4. The van der Waals surface area contributed by atoms with Crippen molar-refractivity contribution < 1.29 is 19.4 Å². The lowest BCUT2D eigenvalue weighted by atomic mass is 9.98. The van der Waals surface area contributed by atoms with E-state index in [1.54, 1.807) is 0 Å². The van der Waals surface area contributed by atoms with Crippen LogP contribution in [0.3, 0.4) is 0 Å². The number of aliphatic hydroxyl groups excluding tert-OH is 1. The van der Waals surface area contributed by atoms with Crippen molar-refractivity contribution in [1.82, 2.24) is 10.2 Å². The Kier molecular flexibility index (Phi) is 2.16. The van der Waals surface area contributed by atoms with Crippen LogP contribution in [0.1, 0.15) is 6.42 Å². The van der Waals surface area contributed by atoms with Crippen LogP contribution in [0, 0.1) is 0 Å². The summed E-state index contributed by atoms with van der Waals surface area (Å²) in [6.07, 6.45) is 0.503. The normalized spacial score (nSPS) is 32.5. The summed E-state index contributed by atoms with van der Waals surface area (Å²) < 4.78 is 5.13. The van der Waals surface area contributed by atoms with E-state index in [1.165, 1.54) is 0 Å². The van der Waals surface area contributed by atoms with Crippen molar-refractivity contribution in [1.29, 1.82) is 0 Å². The second kappa shape index (κ2) is 3.21. The Morgan fingerprint density at radius 3 is 2.79 bits per heavy atom. The van der Waals surface area contributed by atoms with Crippen LogP contribution in [0.4, 0.5) is 4.79 Å². The standard InChI is InChI=1S/C8H12N2O4/c11-4-8(1-2-14-5-8)10-6(12)3-9-7(10)13/h11H,1-5H2,(H,9,13). The number of nitrogens with zero attached hydrogens (tertiary/aromatic N) is 1. The number of urea groups is 1. The average Bonchev–Trinajstić information content (AvgIpc) is 2.75. The Hall–Kier alpha value is -1.14. The second-order valence-corrected chi connectivity index (χ2v) is 3.57. The maximum absolute atomic E-state index is 11.4. The molecule has 2 fully saturated rings. The largest absolute Gasteiger partial charge is 0.394 e. The Labute approximate surface area is 80.8 Å². The fourth-order valence-electron chi connectivity index (χ4n) is 1.87. The number of nitrogens with one attached hydrogen (secondary N) is 1. The van der Waals surface area contributed by atoms with Gasteiger partial charge >= 0.3 is 6.03 Å². The molecule has 6 heteroatoms. The van der Waals surface area contributed by atoms with Crippen molar-refractivity contribution >= 4 is 11.9 Å². The van der Waals surface area contributed by atoms with Gasteiger partial charge in [-0.1, -0.05) is 0 Å². The molecule has 2 heterocycles. The highest BCUT2D eigenvalue weighted by atomic mass is 16.5. The molecule has 2 aliphatic heterocycles. The van der Waals surface area contributed by atoms with Crippen molar-refractivity contribution in [2.75, 3.05) is 26.4 Å². The molecule has 3 amide bonds. The Morgan fingerprint density at radius 1 is 1.57 bits per heavy atom. The van der Waals surface area contributed by atoms with Crippen molar-refractivity contribution in [3.05, 3.63) is 0 Å². The van der Waals surface area contributed by atoms with Gasteiger partial charge in [-0.3, -0.25) is 9.69 Å². The lowest BCUT2D eigenvalue weighted by Crippen LogP contribution is -2.55. The van der Waals surface area contributed by atoms with E-state index in [9.17, 15) is 14.7 Å². The molecule has 0 spiro atoms. The fourth-order valence-corrected chi connectivity index (χ4v) is 1.87. The highest BCUT2D eigenvalue weighted by Crippen LogP contribution is 2.27. The Balaban J connectivity index is 2.26. The summed E-state index contributed by atoms with van der Waals surface area (Å²) in [5, 5.41) is 11.7. The summed E-state index contributed by atoms with van der Waals surface area (Å²) in [6, 6.07) is -0.436. The first-order chi connectivity index (χ1) is 6.69. The summed E-state index contributed by atoms with van der Waals surface area (Å²) in [4.78, 5) is 23.9. The molecule has 0 radical (unpaired) electrons. The van der Waals surface area contributed by atoms with E-state index in [1.807, 2.05) is 0 Å². The molecule has 2 N–H and O–H groups in total. The van der Waals surface area contributed by atoms with Crippen LogP contribution in [0.2, 0.25) is 0 Å². The van der Waals surface area contributed by atoms with Crippen LogP contribution in [0.15, 0.2) is 0 Å². The van der Waals surface area contributed by atoms with Gasteiger partial charge in [0, 0.05) is 6.61 Å². The lowest BCUT2D eigenvalue weighted by Gasteiger charge is -2.32. The van der Waals surface area contributed by atoms with Gasteiger partial charge < -0.3 is 15.2 Å². The first-order valence-corrected chi connectivity index (χ1v) is 4.49. The van der Waals surface area contributed by atoms with Gasteiger partial charge in [-0.2, -0.15) is 0 Å². The van der Waals surface area contributed by atoms with E-state index in [4.69, 9.17) is 4.74 Å². The third-order valence-electron chi connectivity index (χ3n) is 2.69. The molecule has 0 bridgehead atoms. The van der Waals surface area contributed by atoms with Gasteiger partial charge in [-0.15, -0.1) is 0 Å². The van der Waals surface area contributed by atoms with E-state index in [0.29, 0.717) is 13.0 Å². The van der Waals surface area contributed by atoms with Crippen LogP contribution in [0.25, 0.3) is 0 Å². The van der Waals surface area contributed by atoms with Gasteiger partial charge in [0.15, 0.2) is 0 Å². The molecule has 14 heavy (non-hydrogen) atoms. The zero-order valence-electron chi connectivity index (χ0n) is 7.65. The molecular formula is C8H12N2O4. The zero-order chi connectivity index (χ0) is 10.2. The lowest BCUT2D eigenvalue weighted by molar-refractivity contribution is -0.130. The Morgan fingerprint density at radius 2 is 2.36 bits per heavy atom. The second-order valence-electron chi connectivity index (χ2n) is 3.57. The molecule has 0 aromatic carbocycles. The number of rotatable bonds is 2. The number of hydrogen-bond donors (Lipinski definition) is 2. The molecule has 1 atom stereocenters. The molecule has 2 aliphatic rings. The smallest absolute Gasteiger partial charge is 0.325 e. The maximum atomic E-state index is 11.4. The molecule has 6 nitrogen and oxygen atoms in total. The average molecular weight is 200 g/mol. The topological polar surface area (TPSA) is 78.9 Å². The minimum Gasteiger partial charge on any atom is -0.394 e. The number of amides is 3. The van der Waals surface area contributed by atoms with Crippen LogP contribution < -0.4 is 5.32 Å². The first-order valence-electron chi connectivity index (χ1n) is 4.49. The minimum atomic E-state index is -0.836. The molecular weight excluding hydrogens is 188 g/mol. The molecule has 2 rings (SSSR count). The summed E-state index contributed by atoms with van der Waals surface area (Å²) in [5.41, 5.74) is -0.836. The maximum Gasteiger partial charge on any atom is 0.325 e. The molecule has 1 unspecified atom stereocenters. The van der Waals surface area contributed by atoms with Crippen LogP contribution in [0.5, 0.6) is 0 Å². The molecule has 0 aliphatic carbocycles. The molecule has 0 aromatic heterocycles. The summed E-state index contributed by atoms with van der Waals surface area (Å²) in [6.45, 7) is 0.465. The van der Waals surface area contributed by atoms with Crippen LogP contribution in [-0.2, 0) is 9.53 Å². The SMILES string of the molecule is O=C1CNC(=O)N1C1(CO)CCOC1. The minimum absolute atomic E-state index is 0.0145. The monoisotopic (exact) mass is 200 g/mol. The molecule has 0 aromatic rings. The highest BCUT2D eigenvalue weighted by molar-refractivity contribution is 6.02. The number of carbonyl (C=O) groups is 2. The predicted octanol–water partition coefficient (Wildman–Crippen LogP) is -1.31. The number of imide groups is 1. The summed E-state index contributed by atoms with van der Waals surface area (Å²) >= 11 is 0. The first kappa shape index (κ1) is 9.42. The van der Waals surface area contributed by atoms with Crippen molar-refractivity contribution in [3.8, 4) is 0 Å². The zero-order valence-corrected chi connectivity index (χ0v) is 7.65. The van der Waals surface area contributed by atoms with E-state index >= 15 is 0 Å².